The molecule has 22 heteroatoms. The summed E-state index contributed by atoms with van der Waals surface area (Å²) < 4.78 is 65.6. The van der Waals surface area contributed by atoms with Crippen LogP contribution >= 0.6 is 0 Å². The predicted molar refractivity (Wildman–Crippen MR) is 219 cm³/mol. The first-order valence-electron chi connectivity index (χ1n) is 15.6. The van der Waals surface area contributed by atoms with Gasteiger partial charge in [-0.25, -0.2) is 0 Å². The standard InChI is InChI=1S/C16H15N5O7S2.C12H13N5.C6H9N3/c17-8-1-3-9(4-2-8)20-21-15-11(30(26,27)28)6-7-5-10(29(23,24)25)13(18)14(19)12(7)16(15)22;13-8-1-4-10(5-2-8)16-17-12-6-3-9(14)7-11(12)15;7-4-1-2-5(8)6(9)3-4/h1-6,22H,17-19H2,(H,23,24,25)(H,26,27,28);1-7H,13-15H2;1-3H,7-9H2. The van der Waals surface area contributed by atoms with E-state index in [1.807, 2.05) is 0 Å². The van der Waals surface area contributed by atoms with Crippen LogP contribution in [0.1, 0.15) is 0 Å². The molecule has 0 radical (unpaired) electrons. The van der Waals surface area contributed by atoms with E-state index in [1.165, 1.54) is 24.3 Å². The third kappa shape index (κ3) is 10.4. The Kier molecular flexibility index (Phi) is 12.4. The molecule has 6 rings (SSSR count). The lowest BCUT2D eigenvalue weighted by Gasteiger charge is -2.14. The van der Waals surface area contributed by atoms with Gasteiger partial charge < -0.3 is 56.7 Å². The molecule has 21 N–H and O–H groups in total. The number of nitrogens with zero attached hydrogens (tertiary/aromatic N) is 4. The van der Waals surface area contributed by atoms with Crippen molar-refractivity contribution in [3.05, 3.63) is 97.1 Å². The maximum atomic E-state index is 11.8. The summed E-state index contributed by atoms with van der Waals surface area (Å²) in [4.78, 5) is -1.68. The lowest BCUT2D eigenvalue weighted by atomic mass is 10.1. The lowest BCUT2D eigenvalue weighted by Crippen LogP contribution is -2.07. The van der Waals surface area contributed by atoms with Crippen molar-refractivity contribution in [2.45, 2.75) is 9.79 Å². The van der Waals surface area contributed by atoms with Gasteiger partial charge in [0.1, 0.15) is 21.2 Å². The number of anilines is 9. The van der Waals surface area contributed by atoms with Crippen molar-refractivity contribution < 1.29 is 31.0 Å². The van der Waals surface area contributed by atoms with Gasteiger partial charge in [0.05, 0.1) is 45.2 Å². The molecule has 0 saturated heterocycles. The Morgan fingerprint density at radius 3 is 1.36 bits per heavy atom. The molecule has 0 amide bonds. The van der Waals surface area contributed by atoms with E-state index < -0.39 is 52.8 Å². The molecule has 6 aromatic rings. The second kappa shape index (κ2) is 16.7. The topological polar surface area (TPSA) is 413 Å². The number of hydrogen-bond donors (Lipinski definition) is 12. The van der Waals surface area contributed by atoms with Crippen molar-refractivity contribution in [1.29, 1.82) is 0 Å². The SMILES string of the molecule is Nc1ccc(N)c(N)c1.Nc1ccc(N=Nc2c(S(=O)(=O)O)cc3cc(S(=O)(=O)O)c(N)c(N)c3c2O)cc1.Nc1ccc(N=Nc2ccc(N)cc2N)cc1. The molecule has 0 aliphatic carbocycles. The molecule has 20 nitrogen and oxygen atoms in total. The molecule has 292 valence electrons. The van der Waals surface area contributed by atoms with Gasteiger partial charge in [0.25, 0.3) is 20.2 Å². The Hall–Kier alpha value is -7.40. The van der Waals surface area contributed by atoms with Gasteiger partial charge in [-0.2, -0.15) is 27.1 Å². The highest BCUT2D eigenvalue weighted by molar-refractivity contribution is 7.86. The van der Waals surface area contributed by atoms with Gasteiger partial charge in [0.15, 0.2) is 5.75 Å². The molecular formula is C34H37N13O7S2. The summed E-state index contributed by atoms with van der Waals surface area (Å²) in [6.45, 7) is 0. The van der Waals surface area contributed by atoms with Gasteiger partial charge in [0, 0.05) is 22.7 Å². The minimum absolute atomic E-state index is 0.245. The van der Waals surface area contributed by atoms with Crippen LogP contribution in [0.3, 0.4) is 0 Å². The highest BCUT2D eigenvalue weighted by atomic mass is 32.2. The molecule has 0 saturated carbocycles. The molecule has 0 fully saturated rings. The zero-order chi connectivity index (χ0) is 41.5. The largest absolute Gasteiger partial charge is 0.505 e. The van der Waals surface area contributed by atoms with Crippen LogP contribution in [-0.2, 0) is 20.2 Å². The number of rotatable bonds is 6. The summed E-state index contributed by atoms with van der Waals surface area (Å²) in [5, 5.41) is 25.7. The van der Waals surface area contributed by atoms with E-state index in [1.54, 1.807) is 60.7 Å². The maximum Gasteiger partial charge on any atom is 0.296 e. The molecule has 0 aliphatic heterocycles. The second-order valence-electron chi connectivity index (χ2n) is 11.6. The Balaban J connectivity index is 0.000000222. The zero-order valence-corrected chi connectivity index (χ0v) is 30.6. The van der Waals surface area contributed by atoms with E-state index in [-0.39, 0.29) is 16.5 Å². The molecule has 0 unspecified atom stereocenters. The van der Waals surface area contributed by atoms with Gasteiger partial charge in [0.2, 0.25) is 0 Å². The molecule has 56 heavy (non-hydrogen) atoms. The molecule has 0 atom stereocenters. The van der Waals surface area contributed by atoms with Crippen molar-refractivity contribution in [2.75, 3.05) is 51.6 Å². The fourth-order valence-electron chi connectivity index (χ4n) is 4.60. The minimum atomic E-state index is -4.95. The number of benzene rings is 6. The van der Waals surface area contributed by atoms with E-state index in [4.69, 9.17) is 51.6 Å². The fraction of sp³-hybridized carbons (Fsp3) is 0. The summed E-state index contributed by atoms with van der Waals surface area (Å²) in [5.74, 6) is -0.828. The van der Waals surface area contributed by atoms with Crippen LogP contribution in [-0.4, -0.2) is 31.0 Å². The molecule has 0 spiro atoms. The smallest absolute Gasteiger partial charge is 0.296 e. The number of nitrogens with two attached hydrogens (primary N) is 9. The molecule has 0 aromatic heterocycles. The molecule has 6 aromatic carbocycles. The van der Waals surface area contributed by atoms with E-state index in [9.17, 15) is 31.0 Å². The highest BCUT2D eigenvalue weighted by Crippen LogP contribution is 2.46. The quantitative estimate of drug-likeness (QED) is 0.0563. The summed E-state index contributed by atoms with van der Waals surface area (Å²) in [6, 6.07) is 24.8. The Morgan fingerprint density at radius 1 is 0.446 bits per heavy atom. The van der Waals surface area contributed by atoms with E-state index in [0.717, 1.165) is 17.8 Å². The summed E-state index contributed by atoms with van der Waals surface area (Å²) in [5.41, 5.74) is 54.0. The van der Waals surface area contributed by atoms with Gasteiger partial charge >= 0.3 is 0 Å². The first-order valence-corrected chi connectivity index (χ1v) is 18.5. The first-order chi connectivity index (χ1) is 26.1. The normalized spacial score (nSPS) is 11.5. The number of phenolic OH excluding ortho intramolecular Hbond substituents is 1. The number of aromatic hydroxyl groups is 1. The lowest BCUT2D eigenvalue weighted by molar-refractivity contribution is 0.472. The predicted octanol–water partition coefficient (Wildman–Crippen LogP) is 5.48. The number of fused-ring (bicyclic) bond motifs is 1. The molecule has 0 heterocycles. The Labute approximate surface area is 319 Å². The van der Waals surface area contributed by atoms with Gasteiger partial charge in [-0.05, 0) is 102 Å². The van der Waals surface area contributed by atoms with Crippen molar-refractivity contribution in [1.82, 2.24) is 0 Å². The second-order valence-corrected chi connectivity index (χ2v) is 14.4. The number of hydrogen-bond acceptors (Lipinski definition) is 18. The van der Waals surface area contributed by atoms with Gasteiger partial charge in [-0.3, -0.25) is 9.11 Å². The van der Waals surface area contributed by atoms with Crippen molar-refractivity contribution in [3.63, 3.8) is 0 Å². The Bertz CT molecular complexity index is 2690. The summed E-state index contributed by atoms with van der Waals surface area (Å²) in [7, 11) is -9.77. The third-order valence-corrected chi connectivity index (χ3v) is 9.19. The van der Waals surface area contributed by atoms with Gasteiger partial charge in [-0.1, -0.05) is 0 Å². The zero-order valence-electron chi connectivity index (χ0n) is 29.0. The average molecular weight is 804 g/mol. The van der Waals surface area contributed by atoms with Crippen LogP contribution in [0.15, 0.2) is 127 Å². The molecule has 0 bridgehead atoms. The van der Waals surface area contributed by atoms with Crippen molar-refractivity contribution in [2.24, 2.45) is 20.5 Å². The van der Waals surface area contributed by atoms with Gasteiger partial charge in [-0.15, -0.1) is 10.2 Å². The van der Waals surface area contributed by atoms with Crippen molar-refractivity contribution >= 4 is 105 Å². The average Bonchev–Trinajstić information content (AvgIpc) is 3.11. The fourth-order valence-corrected chi connectivity index (χ4v) is 5.92. The van der Waals surface area contributed by atoms with Crippen LogP contribution in [0.4, 0.5) is 73.9 Å². The minimum Gasteiger partial charge on any atom is -0.505 e. The summed E-state index contributed by atoms with van der Waals surface area (Å²) >= 11 is 0. The van der Waals surface area contributed by atoms with E-state index in [0.29, 0.717) is 45.5 Å². The number of phenols is 1. The van der Waals surface area contributed by atoms with Crippen LogP contribution in [0.2, 0.25) is 0 Å². The monoisotopic (exact) mass is 803 g/mol. The van der Waals surface area contributed by atoms with E-state index >= 15 is 0 Å². The van der Waals surface area contributed by atoms with Crippen LogP contribution in [0.5, 0.6) is 5.75 Å². The van der Waals surface area contributed by atoms with E-state index in [2.05, 4.69) is 20.5 Å². The first kappa shape index (κ1) is 41.4. The molecular weight excluding hydrogens is 767 g/mol. The number of nitrogen functional groups attached to an aromatic ring is 9. The van der Waals surface area contributed by atoms with Crippen molar-refractivity contribution in [3.8, 4) is 5.75 Å². The van der Waals surface area contributed by atoms with Crippen LogP contribution < -0.4 is 51.6 Å². The van der Waals surface area contributed by atoms with Crippen LogP contribution in [0.25, 0.3) is 10.8 Å². The third-order valence-electron chi connectivity index (χ3n) is 7.42. The van der Waals surface area contributed by atoms with Crippen LogP contribution in [0, 0.1) is 0 Å². The maximum absolute atomic E-state index is 11.8. The Morgan fingerprint density at radius 2 is 0.893 bits per heavy atom. The molecule has 0 aliphatic rings. The summed E-state index contributed by atoms with van der Waals surface area (Å²) in [6.07, 6.45) is 0. The number of azo groups is 2. The highest BCUT2D eigenvalue weighted by Gasteiger charge is 2.26.